The summed E-state index contributed by atoms with van der Waals surface area (Å²) in [5.41, 5.74) is 2.70. The third-order valence-corrected chi connectivity index (χ3v) is 3.97. The maximum absolute atomic E-state index is 12.2. The van der Waals surface area contributed by atoms with Gasteiger partial charge in [-0.2, -0.15) is 0 Å². The molecule has 1 N–H and O–H groups in total. The lowest BCUT2D eigenvalue weighted by molar-refractivity contribution is -0.116. The summed E-state index contributed by atoms with van der Waals surface area (Å²) in [5.74, 6) is -0.176. The van der Waals surface area contributed by atoms with Gasteiger partial charge in [0.15, 0.2) is 10.9 Å². The molecule has 0 bridgehead atoms. The van der Waals surface area contributed by atoms with Gasteiger partial charge >= 0.3 is 0 Å². The van der Waals surface area contributed by atoms with Crippen LogP contribution in [0.2, 0.25) is 0 Å². The van der Waals surface area contributed by atoms with Crippen molar-refractivity contribution in [2.45, 2.75) is 33.6 Å². The van der Waals surface area contributed by atoms with Crippen LogP contribution < -0.4 is 5.32 Å². The molecule has 0 aliphatic rings. The molecule has 5 heteroatoms. The number of carbonyl (C=O) groups is 2. The lowest BCUT2D eigenvalue weighted by Gasteiger charge is -2.06. The SMILES string of the molecule is Cc1ccc(C)c(C(=O)CCC(=O)Nc2ncc(C)s2)c1. The maximum atomic E-state index is 12.2. The lowest BCUT2D eigenvalue weighted by atomic mass is 9.99. The molecule has 1 heterocycles. The molecule has 0 saturated heterocycles. The monoisotopic (exact) mass is 302 g/mol. The number of aryl methyl sites for hydroxylation is 3. The van der Waals surface area contributed by atoms with Crippen molar-refractivity contribution in [2.24, 2.45) is 0 Å². The number of rotatable bonds is 5. The first-order valence-electron chi connectivity index (χ1n) is 6.78. The fraction of sp³-hybridized carbons (Fsp3) is 0.312. The van der Waals surface area contributed by atoms with Crippen LogP contribution in [0.15, 0.2) is 24.4 Å². The fourth-order valence-corrected chi connectivity index (χ4v) is 2.67. The number of amides is 1. The van der Waals surface area contributed by atoms with E-state index < -0.39 is 0 Å². The molecule has 110 valence electrons. The molecule has 1 aromatic carbocycles. The summed E-state index contributed by atoms with van der Waals surface area (Å²) < 4.78 is 0. The Morgan fingerprint density at radius 1 is 1.19 bits per heavy atom. The normalized spacial score (nSPS) is 10.4. The highest BCUT2D eigenvalue weighted by Crippen LogP contribution is 2.17. The Balaban J connectivity index is 1.91. The molecule has 21 heavy (non-hydrogen) atoms. The van der Waals surface area contributed by atoms with Crippen molar-refractivity contribution in [3.8, 4) is 0 Å². The summed E-state index contributed by atoms with van der Waals surface area (Å²) in [6.45, 7) is 5.79. The van der Waals surface area contributed by atoms with Gasteiger partial charge in [0.2, 0.25) is 5.91 Å². The van der Waals surface area contributed by atoms with E-state index in [1.165, 1.54) is 11.3 Å². The minimum Gasteiger partial charge on any atom is -0.302 e. The fourth-order valence-electron chi connectivity index (χ4n) is 1.99. The standard InChI is InChI=1S/C16H18N2O2S/c1-10-4-5-11(2)13(8-10)14(19)6-7-15(20)18-16-17-9-12(3)21-16/h4-5,8-9H,6-7H2,1-3H3,(H,17,18,20). The molecule has 1 amide bonds. The van der Waals surface area contributed by atoms with Gasteiger partial charge in [-0.15, -0.1) is 11.3 Å². The summed E-state index contributed by atoms with van der Waals surface area (Å²) in [4.78, 5) is 29.1. The van der Waals surface area contributed by atoms with E-state index in [4.69, 9.17) is 0 Å². The van der Waals surface area contributed by atoms with Gasteiger partial charge in [0.25, 0.3) is 0 Å². The molecule has 2 rings (SSSR count). The first-order chi connectivity index (χ1) is 9.95. The van der Waals surface area contributed by atoms with Crippen molar-refractivity contribution in [2.75, 3.05) is 5.32 Å². The van der Waals surface area contributed by atoms with Crippen LogP contribution in [-0.4, -0.2) is 16.7 Å². The number of nitrogens with zero attached hydrogens (tertiary/aromatic N) is 1. The quantitative estimate of drug-likeness (QED) is 0.857. The molecule has 1 aromatic heterocycles. The Bertz CT molecular complexity index is 677. The van der Waals surface area contributed by atoms with E-state index in [0.717, 1.165) is 16.0 Å². The predicted octanol–water partition coefficient (Wildman–Crippen LogP) is 3.67. The number of thiazole rings is 1. The van der Waals surface area contributed by atoms with E-state index in [0.29, 0.717) is 10.7 Å². The molecular weight excluding hydrogens is 284 g/mol. The zero-order valence-electron chi connectivity index (χ0n) is 12.4. The molecule has 0 aliphatic heterocycles. The Morgan fingerprint density at radius 3 is 2.62 bits per heavy atom. The number of benzene rings is 1. The summed E-state index contributed by atoms with van der Waals surface area (Å²) in [6.07, 6.45) is 2.09. The van der Waals surface area contributed by atoms with Crippen molar-refractivity contribution >= 4 is 28.2 Å². The van der Waals surface area contributed by atoms with Gasteiger partial charge in [-0.25, -0.2) is 4.98 Å². The van der Waals surface area contributed by atoms with Gasteiger partial charge in [0.05, 0.1) is 0 Å². The molecule has 0 fully saturated rings. The highest BCUT2D eigenvalue weighted by Gasteiger charge is 2.12. The summed E-state index contributed by atoms with van der Waals surface area (Å²) in [7, 11) is 0. The zero-order chi connectivity index (χ0) is 15.4. The molecule has 4 nitrogen and oxygen atoms in total. The summed E-state index contributed by atoms with van der Waals surface area (Å²) in [5, 5.41) is 3.29. The molecule has 0 radical (unpaired) electrons. The second-order valence-corrected chi connectivity index (χ2v) is 6.30. The van der Waals surface area contributed by atoms with Crippen LogP contribution >= 0.6 is 11.3 Å². The van der Waals surface area contributed by atoms with E-state index in [2.05, 4.69) is 10.3 Å². The molecule has 0 unspecified atom stereocenters. The van der Waals surface area contributed by atoms with Crippen LogP contribution in [0.4, 0.5) is 5.13 Å². The van der Waals surface area contributed by atoms with Crippen LogP contribution in [0.1, 0.15) is 39.2 Å². The number of anilines is 1. The van der Waals surface area contributed by atoms with E-state index in [9.17, 15) is 9.59 Å². The topological polar surface area (TPSA) is 59.1 Å². The van der Waals surface area contributed by atoms with Crippen LogP contribution in [0.25, 0.3) is 0 Å². The van der Waals surface area contributed by atoms with E-state index in [1.807, 2.05) is 39.0 Å². The van der Waals surface area contributed by atoms with Gasteiger partial charge in [-0.3, -0.25) is 9.59 Å². The van der Waals surface area contributed by atoms with E-state index in [1.54, 1.807) is 6.20 Å². The first-order valence-corrected chi connectivity index (χ1v) is 7.60. The van der Waals surface area contributed by atoms with Crippen molar-refractivity contribution in [1.29, 1.82) is 0 Å². The third kappa shape index (κ3) is 4.23. The third-order valence-electron chi connectivity index (χ3n) is 3.14. The van der Waals surface area contributed by atoms with Crippen LogP contribution in [0.5, 0.6) is 0 Å². The largest absolute Gasteiger partial charge is 0.302 e. The highest BCUT2D eigenvalue weighted by atomic mass is 32.1. The molecule has 0 spiro atoms. The Morgan fingerprint density at radius 2 is 1.95 bits per heavy atom. The van der Waals surface area contributed by atoms with Crippen LogP contribution in [0, 0.1) is 20.8 Å². The Hall–Kier alpha value is -2.01. The second kappa shape index (κ2) is 6.63. The maximum Gasteiger partial charge on any atom is 0.226 e. The molecule has 0 saturated carbocycles. The zero-order valence-corrected chi connectivity index (χ0v) is 13.2. The van der Waals surface area contributed by atoms with Gasteiger partial charge in [-0.1, -0.05) is 17.7 Å². The average Bonchev–Trinajstić information content (AvgIpc) is 2.84. The Labute approximate surface area is 128 Å². The lowest BCUT2D eigenvalue weighted by Crippen LogP contribution is -2.13. The van der Waals surface area contributed by atoms with Gasteiger partial charge in [0.1, 0.15) is 0 Å². The minimum absolute atomic E-state index is 0.00155. The number of ketones is 1. The summed E-state index contributed by atoms with van der Waals surface area (Å²) in [6, 6.07) is 5.78. The predicted molar refractivity (Wildman–Crippen MR) is 85.0 cm³/mol. The second-order valence-electron chi connectivity index (χ2n) is 5.07. The number of hydrogen-bond acceptors (Lipinski definition) is 4. The first kappa shape index (κ1) is 15.4. The van der Waals surface area contributed by atoms with Crippen molar-refractivity contribution in [1.82, 2.24) is 4.98 Å². The number of carbonyl (C=O) groups excluding carboxylic acids is 2. The number of aromatic nitrogens is 1. The molecule has 0 atom stereocenters. The van der Waals surface area contributed by atoms with E-state index >= 15 is 0 Å². The number of Topliss-reactive ketones (excluding diaryl/α,β-unsaturated/α-hetero) is 1. The van der Waals surface area contributed by atoms with Crippen LogP contribution in [0.3, 0.4) is 0 Å². The van der Waals surface area contributed by atoms with E-state index in [-0.39, 0.29) is 24.5 Å². The van der Waals surface area contributed by atoms with Gasteiger partial charge in [0, 0.05) is 29.5 Å². The van der Waals surface area contributed by atoms with Gasteiger partial charge in [-0.05, 0) is 32.4 Å². The Kier molecular flexibility index (Phi) is 4.85. The van der Waals surface area contributed by atoms with Crippen LogP contribution in [-0.2, 0) is 4.79 Å². The molecule has 0 aliphatic carbocycles. The van der Waals surface area contributed by atoms with Crippen molar-refractivity contribution < 1.29 is 9.59 Å². The highest BCUT2D eigenvalue weighted by molar-refractivity contribution is 7.15. The molecule has 2 aromatic rings. The van der Waals surface area contributed by atoms with Crippen molar-refractivity contribution in [3.63, 3.8) is 0 Å². The van der Waals surface area contributed by atoms with Crippen molar-refractivity contribution in [3.05, 3.63) is 46.0 Å². The number of nitrogens with one attached hydrogen (secondary N) is 1. The smallest absolute Gasteiger partial charge is 0.226 e. The summed E-state index contributed by atoms with van der Waals surface area (Å²) >= 11 is 1.42. The van der Waals surface area contributed by atoms with Gasteiger partial charge < -0.3 is 5.32 Å². The number of hydrogen-bond donors (Lipinski definition) is 1. The molecular formula is C16H18N2O2S. The minimum atomic E-state index is -0.178. The average molecular weight is 302 g/mol.